The number of halogens is 2. The molecule has 5 aromatic rings. The van der Waals surface area contributed by atoms with Crippen LogP contribution in [-0.2, 0) is 6.54 Å². The number of nitrogens with one attached hydrogen (secondary N) is 1. The van der Waals surface area contributed by atoms with E-state index in [4.69, 9.17) is 21.7 Å². The van der Waals surface area contributed by atoms with Crippen LogP contribution in [0.4, 0.5) is 11.5 Å². The molecule has 0 bridgehead atoms. The van der Waals surface area contributed by atoms with Gasteiger partial charge in [0.15, 0.2) is 5.82 Å². The van der Waals surface area contributed by atoms with Crippen LogP contribution in [0.5, 0.6) is 0 Å². The van der Waals surface area contributed by atoms with Crippen molar-refractivity contribution in [3.63, 3.8) is 0 Å². The smallest absolute Gasteiger partial charge is 0.177 e. The summed E-state index contributed by atoms with van der Waals surface area (Å²) in [6.45, 7) is 0.710. The van der Waals surface area contributed by atoms with E-state index in [0.717, 1.165) is 44.9 Å². The molecule has 0 saturated carbocycles. The van der Waals surface area contributed by atoms with E-state index < -0.39 is 0 Å². The van der Waals surface area contributed by atoms with Crippen molar-refractivity contribution >= 4 is 44.7 Å². The second-order valence-corrected chi connectivity index (χ2v) is 10.4. The SMILES string of the molecule is Clc1ccc(C2=Nc3c(n[nH]c3-c3ccc(Br)cc3)N(Cc3ccccc3)[C@H](c3ccccc3)C2)cc1. The Morgan fingerprint density at radius 2 is 1.46 bits per heavy atom. The number of fused-ring (bicyclic) bond motifs is 1. The molecule has 6 rings (SSSR count). The van der Waals surface area contributed by atoms with Crippen molar-refractivity contribution in [2.24, 2.45) is 4.99 Å². The Labute approximate surface area is 229 Å². The Kier molecular flexibility index (Phi) is 6.64. The molecule has 4 aromatic carbocycles. The van der Waals surface area contributed by atoms with Crippen molar-refractivity contribution in [3.05, 3.63) is 135 Å². The summed E-state index contributed by atoms with van der Waals surface area (Å²) in [5, 5.41) is 8.90. The quantitative estimate of drug-likeness (QED) is 0.231. The molecule has 0 fully saturated rings. The maximum absolute atomic E-state index is 6.24. The monoisotopic (exact) mass is 566 g/mol. The van der Waals surface area contributed by atoms with Crippen LogP contribution in [0.25, 0.3) is 11.3 Å². The van der Waals surface area contributed by atoms with Crippen LogP contribution in [0.3, 0.4) is 0 Å². The number of hydrogen-bond donors (Lipinski definition) is 1. The summed E-state index contributed by atoms with van der Waals surface area (Å²) in [6.07, 6.45) is 0.731. The molecule has 1 atom stereocenters. The predicted octanol–water partition coefficient (Wildman–Crippen LogP) is 8.77. The van der Waals surface area contributed by atoms with Crippen LogP contribution in [0.2, 0.25) is 5.02 Å². The summed E-state index contributed by atoms with van der Waals surface area (Å²) in [7, 11) is 0. The fourth-order valence-electron chi connectivity index (χ4n) is 4.83. The Bertz CT molecular complexity index is 1530. The van der Waals surface area contributed by atoms with Gasteiger partial charge in [0.25, 0.3) is 0 Å². The first-order valence-corrected chi connectivity index (χ1v) is 13.4. The molecule has 1 aliphatic rings. The van der Waals surface area contributed by atoms with Crippen molar-refractivity contribution in [2.45, 2.75) is 19.0 Å². The number of nitrogens with zero attached hydrogens (tertiary/aromatic N) is 3. The molecule has 0 unspecified atom stereocenters. The number of benzene rings is 4. The van der Waals surface area contributed by atoms with E-state index in [1.165, 1.54) is 11.1 Å². The topological polar surface area (TPSA) is 44.3 Å². The van der Waals surface area contributed by atoms with E-state index in [0.29, 0.717) is 11.6 Å². The fourth-order valence-corrected chi connectivity index (χ4v) is 5.23. The highest BCUT2D eigenvalue weighted by molar-refractivity contribution is 9.10. The van der Waals surface area contributed by atoms with Crippen molar-refractivity contribution in [2.75, 3.05) is 4.90 Å². The zero-order valence-electron chi connectivity index (χ0n) is 20.0. The highest BCUT2D eigenvalue weighted by Gasteiger charge is 2.32. The maximum atomic E-state index is 6.24. The normalized spacial score (nSPS) is 15.1. The summed E-state index contributed by atoms with van der Waals surface area (Å²) in [4.78, 5) is 7.67. The van der Waals surface area contributed by atoms with Gasteiger partial charge in [0.05, 0.1) is 17.4 Å². The third-order valence-electron chi connectivity index (χ3n) is 6.69. The summed E-state index contributed by atoms with van der Waals surface area (Å²) >= 11 is 9.79. The lowest BCUT2D eigenvalue weighted by Gasteiger charge is -2.31. The fraction of sp³-hybridized carbons (Fsp3) is 0.0968. The average Bonchev–Trinajstić information content (AvgIpc) is 3.28. The molecule has 2 heterocycles. The summed E-state index contributed by atoms with van der Waals surface area (Å²) in [5.41, 5.74) is 7.29. The van der Waals surface area contributed by atoms with Gasteiger partial charge in [-0.3, -0.25) is 5.10 Å². The lowest BCUT2D eigenvalue weighted by atomic mass is 9.96. The molecule has 37 heavy (non-hydrogen) atoms. The minimum Gasteiger partial charge on any atom is -0.342 e. The van der Waals surface area contributed by atoms with Crippen molar-refractivity contribution in [1.82, 2.24) is 10.2 Å². The number of aliphatic imine (C=N–C) groups is 1. The van der Waals surface area contributed by atoms with Crippen molar-refractivity contribution in [1.29, 1.82) is 0 Å². The molecule has 182 valence electrons. The largest absolute Gasteiger partial charge is 0.342 e. The minimum absolute atomic E-state index is 0.0400. The molecule has 4 nitrogen and oxygen atoms in total. The van der Waals surface area contributed by atoms with Crippen molar-refractivity contribution < 1.29 is 0 Å². The van der Waals surface area contributed by atoms with Gasteiger partial charge in [0.2, 0.25) is 0 Å². The molecule has 0 aliphatic carbocycles. The molecular formula is C31H24BrClN4. The molecule has 1 aromatic heterocycles. The highest BCUT2D eigenvalue weighted by atomic mass is 79.9. The molecule has 6 heteroatoms. The average molecular weight is 568 g/mol. The number of rotatable bonds is 5. The predicted molar refractivity (Wildman–Crippen MR) is 156 cm³/mol. The van der Waals surface area contributed by atoms with E-state index in [1.54, 1.807) is 0 Å². The first kappa shape index (κ1) is 23.7. The Morgan fingerprint density at radius 3 is 2.16 bits per heavy atom. The standard InChI is InChI=1S/C31H24BrClN4/c32-25-15-11-24(12-16-25)29-30-31(36-35-29)37(20-21-7-3-1-4-8-21)28(23-9-5-2-6-10-23)19-27(34-30)22-13-17-26(33)18-14-22/h1-18,28H,19-20H2,(H,35,36)/t28-/m0/s1. The number of hydrogen-bond acceptors (Lipinski definition) is 3. The van der Waals surface area contributed by atoms with Crippen molar-refractivity contribution in [3.8, 4) is 11.3 Å². The van der Waals surface area contributed by atoms with E-state index in [-0.39, 0.29) is 6.04 Å². The lowest BCUT2D eigenvalue weighted by molar-refractivity contribution is 0.633. The van der Waals surface area contributed by atoms with Crippen LogP contribution < -0.4 is 4.90 Å². The minimum atomic E-state index is 0.0400. The Morgan fingerprint density at radius 1 is 0.811 bits per heavy atom. The Hall–Kier alpha value is -3.67. The van der Waals surface area contributed by atoms with Gasteiger partial charge >= 0.3 is 0 Å². The van der Waals surface area contributed by atoms with E-state index >= 15 is 0 Å². The van der Waals surface area contributed by atoms with Crippen LogP contribution in [0, 0.1) is 0 Å². The Balaban J connectivity index is 1.55. The van der Waals surface area contributed by atoms with Crippen LogP contribution >= 0.6 is 27.5 Å². The van der Waals surface area contributed by atoms with Crippen LogP contribution in [-0.4, -0.2) is 15.9 Å². The molecule has 1 N–H and O–H groups in total. The lowest BCUT2D eigenvalue weighted by Crippen LogP contribution is -2.29. The van der Waals surface area contributed by atoms with Gasteiger partial charge in [0, 0.05) is 28.0 Å². The van der Waals surface area contributed by atoms with E-state index in [1.807, 2.05) is 30.3 Å². The molecule has 0 amide bonds. The number of aromatic amines is 1. The third-order valence-corrected chi connectivity index (χ3v) is 7.48. The van der Waals surface area contributed by atoms with E-state index in [2.05, 4.69) is 105 Å². The van der Waals surface area contributed by atoms with Gasteiger partial charge in [-0.1, -0.05) is 112 Å². The second kappa shape index (κ2) is 10.4. The second-order valence-electron chi connectivity index (χ2n) is 9.09. The number of anilines is 1. The summed E-state index contributed by atoms with van der Waals surface area (Å²) in [6, 6.07) is 37.4. The molecule has 0 saturated heterocycles. The van der Waals surface area contributed by atoms with Gasteiger partial charge in [-0.15, -0.1) is 0 Å². The molecule has 0 radical (unpaired) electrons. The van der Waals surface area contributed by atoms with Crippen LogP contribution in [0.15, 0.2) is 119 Å². The number of H-pyrrole nitrogens is 1. The first-order chi connectivity index (χ1) is 18.2. The van der Waals surface area contributed by atoms with E-state index in [9.17, 15) is 0 Å². The molecular weight excluding hydrogens is 544 g/mol. The molecule has 1 aliphatic heterocycles. The van der Waals surface area contributed by atoms with Gasteiger partial charge in [0.1, 0.15) is 5.69 Å². The first-order valence-electron chi connectivity index (χ1n) is 12.2. The maximum Gasteiger partial charge on any atom is 0.177 e. The van der Waals surface area contributed by atoms with Gasteiger partial charge < -0.3 is 4.90 Å². The zero-order chi connectivity index (χ0) is 25.2. The van der Waals surface area contributed by atoms with Gasteiger partial charge in [-0.05, 0) is 41.0 Å². The van der Waals surface area contributed by atoms with Crippen LogP contribution in [0.1, 0.15) is 29.2 Å². The highest BCUT2D eigenvalue weighted by Crippen LogP contribution is 2.45. The third kappa shape index (κ3) is 4.97. The number of aromatic nitrogens is 2. The summed E-state index contributed by atoms with van der Waals surface area (Å²) < 4.78 is 1.03. The van der Waals surface area contributed by atoms with Gasteiger partial charge in [-0.2, -0.15) is 5.10 Å². The van der Waals surface area contributed by atoms with Gasteiger partial charge in [-0.25, -0.2) is 4.99 Å². The molecule has 0 spiro atoms. The summed E-state index contributed by atoms with van der Waals surface area (Å²) in [5.74, 6) is 0.847. The zero-order valence-corrected chi connectivity index (χ0v) is 22.3.